The molecule has 0 radical (unpaired) electrons. The van der Waals surface area contributed by atoms with Crippen molar-refractivity contribution in [3.8, 4) is 0 Å². The quantitative estimate of drug-likeness (QED) is 0.892. The molecular weight excluding hydrogens is 268 g/mol. The predicted octanol–water partition coefficient (Wildman–Crippen LogP) is 1.62. The average molecular weight is 283 g/mol. The number of aromatic nitrogens is 2. The topological polar surface area (TPSA) is 94.0 Å². The van der Waals surface area contributed by atoms with Gasteiger partial charge in [0.15, 0.2) is 0 Å². The predicted molar refractivity (Wildman–Crippen MR) is 73.0 cm³/mol. The van der Waals surface area contributed by atoms with E-state index in [9.17, 15) is 4.79 Å². The largest absolute Gasteiger partial charge is 0.397 e. The first kappa shape index (κ1) is 15.0. The number of nitrogens with two attached hydrogens (primary N) is 1. The molecule has 0 aliphatic heterocycles. The maximum atomic E-state index is 11.8. The molecule has 2 aromatic heterocycles. The Morgan fingerprint density at radius 2 is 2.16 bits per heavy atom. The molecule has 102 valence electrons. The van der Waals surface area contributed by atoms with Gasteiger partial charge in [-0.05, 0) is 26.0 Å². The Morgan fingerprint density at radius 1 is 1.42 bits per heavy atom. The second-order valence-corrected chi connectivity index (χ2v) is 3.96. The molecule has 0 bridgehead atoms. The number of pyridine rings is 1. The number of hydrogen-bond acceptors (Lipinski definition) is 5. The van der Waals surface area contributed by atoms with E-state index < -0.39 is 0 Å². The second kappa shape index (κ2) is 6.19. The molecule has 0 saturated heterocycles. The summed E-state index contributed by atoms with van der Waals surface area (Å²) >= 11 is 0. The monoisotopic (exact) mass is 282 g/mol. The maximum Gasteiger partial charge on any atom is 0.270 e. The van der Waals surface area contributed by atoms with E-state index in [0.717, 1.165) is 11.3 Å². The lowest BCUT2D eigenvalue weighted by molar-refractivity contribution is 0.0946. The number of nitrogen functional groups attached to an aromatic ring is 1. The summed E-state index contributed by atoms with van der Waals surface area (Å²) in [7, 11) is 0. The van der Waals surface area contributed by atoms with Crippen LogP contribution in [-0.4, -0.2) is 16.0 Å². The molecule has 1 amide bonds. The molecule has 7 heteroatoms. The number of anilines is 1. The molecule has 0 aliphatic rings. The van der Waals surface area contributed by atoms with E-state index >= 15 is 0 Å². The maximum absolute atomic E-state index is 11.8. The third-order valence-corrected chi connectivity index (χ3v) is 2.63. The molecule has 2 heterocycles. The third-order valence-electron chi connectivity index (χ3n) is 2.63. The van der Waals surface area contributed by atoms with Crippen LogP contribution in [0.4, 0.5) is 5.69 Å². The minimum Gasteiger partial charge on any atom is -0.397 e. The first-order chi connectivity index (χ1) is 8.58. The summed E-state index contributed by atoms with van der Waals surface area (Å²) < 4.78 is 5.02. The van der Waals surface area contributed by atoms with Crippen LogP contribution in [-0.2, 0) is 6.54 Å². The zero-order chi connectivity index (χ0) is 13.1. The Kier molecular flexibility index (Phi) is 4.88. The highest BCUT2D eigenvalue weighted by atomic mass is 35.5. The average Bonchev–Trinajstić information content (AvgIpc) is 2.67. The van der Waals surface area contributed by atoms with Gasteiger partial charge in [0.2, 0.25) is 0 Å². The minimum absolute atomic E-state index is 0. The molecule has 3 N–H and O–H groups in total. The van der Waals surface area contributed by atoms with Gasteiger partial charge in [0, 0.05) is 12.1 Å². The van der Waals surface area contributed by atoms with Gasteiger partial charge in [-0.2, -0.15) is 0 Å². The first-order valence-corrected chi connectivity index (χ1v) is 5.49. The Labute approximate surface area is 116 Å². The molecule has 2 rings (SSSR count). The Balaban J connectivity index is 0.00000180. The lowest BCUT2D eigenvalue weighted by atomic mass is 10.2. The zero-order valence-corrected chi connectivity index (χ0v) is 11.5. The van der Waals surface area contributed by atoms with Gasteiger partial charge >= 0.3 is 0 Å². The summed E-state index contributed by atoms with van der Waals surface area (Å²) in [6.07, 6.45) is 1.45. The van der Waals surface area contributed by atoms with Crippen molar-refractivity contribution in [1.29, 1.82) is 0 Å². The van der Waals surface area contributed by atoms with Crippen molar-refractivity contribution in [3.63, 3.8) is 0 Å². The SMILES string of the molecule is Cc1noc(C)c1CNC(=O)c1ccc(N)cn1.Cl. The van der Waals surface area contributed by atoms with Gasteiger partial charge in [-0.3, -0.25) is 4.79 Å². The fourth-order valence-corrected chi connectivity index (χ4v) is 1.55. The highest BCUT2D eigenvalue weighted by Crippen LogP contribution is 2.11. The molecule has 0 aliphatic carbocycles. The summed E-state index contributed by atoms with van der Waals surface area (Å²) in [6, 6.07) is 3.22. The normalized spacial score (nSPS) is 9.79. The molecular formula is C12H15ClN4O2. The number of nitrogens with zero attached hydrogens (tertiary/aromatic N) is 2. The van der Waals surface area contributed by atoms with Crippen LogP contribution in [0.5, 0.6) is 0 Å². The molecule has 19 heavy (non-hydrogen) atoms. The van der Waals surface area contributed by atoms with Gasteiger partial charge in [-0.25, -0.2) is 4.98 Å². The number of aryl methyl sites for hydroxylation is 2. The Morgan fingerprint density at radius 3 is 2.68 bits per heavy atom. The van der Waals surface area contributed by atoms with Crippen LogP contribution in [0.3, 0.4) is 0 Å². The van der Waals surface area contributed by atoms with Crippen LogP contribution in [0.2, 0.25) is 0 Å². The van der Waals surface area contributed by atoms with Gasteiger partial charge in [-0.15, -0.1) is 12.4 Å². The minimum atomic E-state index is -0.255. The number of nitrogens with one attached hydrogen (secondary N) is 1. The van der Waals surface area contributed by atoms with Gasteiger partial charge in [0.05, 0.1) is 17.6 Å². The number of carbonyl (C=O) groups is 1. The van der Waals surface area contributed by atoms with E-state index in [1.165, 1.54) is 6.20 Å². The van der Waals surface area contributed by atoms with Crippen LogP contribution in [0.25, 0.3) is 0 Å². The summed E-state index contributed by atoms with van der Waals surface area (Å²) in [5.74, 6) is 0.452. The molecule has 0 fully saturated rings. The zero-order valence-electron chi connectivity index (χ0n) is 10.6. The van der Waals surface area contributed by atoms with Crippen molar-refractivity contribution in [3.05, 3.63) is 41.0 Å². The van der Waals surface area contributed by atoms with Crippen molar-refractivity contribution in [2.45, 2.75) is 20.4 Å². The van der Waals surface area contributed by atoms with Crippen LogP contribution in [0.15, 0.2) is 22.9 Å². The molecule has 6 nitrogen and oxygen atoms in total. The third kappa shape index (κ3) is 3.45. The van der Waals surface area contributed by atoms with Crippen LogP contribution < -0.4 is 11.1 Å². The van der Waals surface area contributed by atoms with Crippen LogP contribution in [0, 0.1) is 13.8 Å². The standard InChI is InChI=1S/C12H14N4O2.ClH/c1-7-10(8(2)18-16-7)6-15-12(17)11-4-3-9(13)5-14-11;/h3-5H,6,13H2,1-2H3,(H,15,17);1H. The van der Waals surface area contributed by atoms with Crippen molar-refractivity contribution >= 4 is 24.0 Å². The summed E-state index contributed by atoms with van der Waals surface area (Å²) in [6.45, 7) is 4.01. The van der Waals surface area contributed by atoms with Gasteiger partial charge in [0.1, 0.15) is 11.5 Å². The van der Waals surface area contributed by atoms with E-state index in [0.29, 0.717) is 23.7 Å². The lowest BCUT2D eigenvalue weighted by Crippen LogP contribution is -2.24. The van der Waals surface area contributed by atoms with E-state index in [4.69, 9.17) is 10.3 Å². The summed E-state index contributed by atoms with van der Waals surface area (Å²) in [5, 5.41) is 6.58. The van der Waals surface area contributed by atoms with Crippen molar-refractivity contribution in [1.82, 2.24) is 15.5 Å². The fraction of sp³-hybridized carbons (Fsp3) is 0.250. The molecule has 0 saturated carbocycles. The number of halogens is 1. The van der Waals surface area contributed by atoms with Gasteiger partial charge in [0.25, 0.3) is 5.91 Å². The Bertz CT molecular complexity index is 546. The smallest absolute Gasteiger partial charge is 0.270 e. The highest BCUT2D eigenvalue weighted by molar-refractivity contribution is 5.92. The molecule has 0 aromatic carbocycles. The lowest BCUT2D eigenvalue weighted by Gasteiger charge is -2.04. The number of carbonyl (C=O) groups excluding carboxylic acids is 1. The second-order valence-electron chi connectivity index (χ2n) is 3.96. The van der Waals surface area contributed by atoms with Crippen molar-refractivity contribution in [2.75, 3.05) is 5.73 Å². The van der Waals surface area contributed by atoms with E-state index in [1.807, 2.05) is 13.8 Å². The van der Waals surface area contributed by atoms with Crippen LogP contribution >= 0.6 is 12.4 Å². The Hall–Kier alpha value is -2.08. The van der Waals surface area contributed by atoms with E-state index in [1.54, 1.807) is 12.1 Å². The van der Waals surface area contributed by atoms with Gasteiger partial charge in [-0.1, -0.05) is 5.16 Å². The first-order valence-electron chi connectivity index (χ1n) is 5.49. The van der Waals surface area contributed by atoms with Crippen LogP contribution in [0.1, 0.15) is 27.5 Å². The number of hydrogen-bond donors (Lipinski definition) is 2. The van der Waals surface area contributed by atoms with Crippen molar-refractivity contribution < 1.29 is 9.32 Å². The molecule has 0 atom stereocenters. The summed E-state index contributed by atoms with van der Waals surface area (Å²) in [4.78, 5) is 15.8. The molecule has 0 unspecified atom stereocenters. The summed E-state index contributed by atoms with van der Waals surface area (Å²) in [5.41, 5.74) is 8.02. The van der Waals surface area contributed by atoms with Crippen molar-refractivity contribution in [2.24, 2.45) is 0 Å². The van der Waals surface area contributed by atoms with E-state index in [-0.39, 0.29) is 18.3 Å². The van der Waals surface area contributed by atoms with Gasteiger partial charge < -0.3 is 15.6 Å². The number of rotatable bonds is 3. The number of amides is 1. The molecule has 0 spiro atoms. The highest BCUT2D eigenvalue weighted by Gasteiger charge is 2.11. The fourth-order valence-electron chi connectivity index (χ4n) is 1.55. The molecule has 2 aromatic rings. The van der Waals surface area contributed by atoms with E-state index in [2.05, 4.69) is 15.5 Å².